The highest BCUT2D eigenvalue weighted by Gasteiger charge is 2.31. The number of hydrogen-bond acceptors (Lipinski definition) is 6. The van der Waals surface area contributed by atoms with E-state index in [0.717, 1.165) is 0 Å². The van der Waals surface area contributed by atoms with Crippen molar-refractivity contribution < 1.29 is 23.4 Å². The zero-order chi connectivity index (χ0) is 15.3. The Bertz CT molecular complexity index is 956. The molecule has 1 aliphatic rings. The van der Waals surface area contributed by atoms with Crippen molar-refractivity contribution in [1.29, 1.82) is 0 Å². The molecule has 1 aliphatic heterocycles. The van der Waals surface area contributed by atoms with Gasteiger partial charge in [0, 0.05) is 0 Å². The Labute approximate surface area is 124 Å². The molecule has 0 saturated heterocycles. The van der Waals surface area contributed by atoms with Crippen LogP contribution in [0.1, 0.15) is 0 Å². The molecule has 0 unspecified atom stereocenters. The highest BCUT2D eigenvalue weighted by atomic mass is 16.7. The van der Waals surface area contributed by atoms with Crippen molar-refractivity contribution in [2.75, 3.05) is 21.0 Å². The topological polar surface area (TPSA) is 67.1 Å². The van der Waals surface area contributed by atoms with Crippen molar-refractivity contribution in [3.8, 4) is 23.0 Å². The predicted molar refractivity (Wildman–Crippen MR) is 79.2 cm³/mol. The second-order valence-electron chi connectivity index (χ2n) is 4.76. The summed E-state index contributed by atoms with van der Waals surface area (Å²) >= 11 is 0. The van der Waals surface area contributed by atoms with Crippen LogP contribution >= 0.6 is 0 Å². The van der Waals surface area contributed by atoms with E-state index in [1.165, 1.54) is 14.2 Å². The van der Waals surface area contributed by atoms with Crippen LogP contribution in [0.4, 0.5) is 0 Å². The summed E-state index contributed by atoms with van der Waals surface area (Å²) in [6.07, 6.45) is 0. The molecule has 6 heteroatoms. The Balaban J connectivity index is 2.30. The number of fused-ring (bicyclic) bond motifs is 3. The molecular weight excluding hydrogens is 288 g/mol. The molecule has 0 radical (unpaired) electrons. The van der Waals surface area contributed by atoms with Gasteiger partial charge >= 0.3 is 0 Å². The van der Waals surface area contributed by atoms with Gasteiger partial charge in [0.05, 0.1) is 19.6 Å². The van der Waals surface area contributed by atoms with Crippen LogP contribution in [0, 0.1) is 0 Å². The van der Waals surface area contributed by atoms with Crippen molar-refractivity contribution in [3.05, 3.63) is 34.5 Å². The van der Waals surface area contributed by atoms with E-state index in [4.69, 9.17) is 23.4 Å². The van der Waals surface area contributed by atoms with Crippen molar-refractivity contribution in [2.24, 2.45) is 0 Å². The Kier molecular flexibility index (Phi) is 2.66. The molecule has 3 aromatic rings. The van der Waals surface area contributed by atoms with E-state index in [2.05, 4.69) is 0 Å². The first-order valence-electron chi connectivity index (χ1n) is 6.65. The number of benzene rings is 2. The normalized spacial score (nSPS) is 12.8. The van der Waals surface area contributed by atoms with Gasteiger partial charge in [-0.2, -0.15) is 0 Å². The van der Waals surface area contributed by atoms with Crippen LogP contribution in [0.3, 0.4) is 0 Å². The van der Waals surface area contributed by atoms with Crippen LogP contribution in [0.25, 0.3) is 21.9 Å². The van der Waals surface area contributed by atoms with E-state index in [-0.39, 0.29) is 23.2 Å². The van der Waals surface area contributed by atoms with E-state index in [1.54, 1.807) is 24.3 Å². The van der Waals surface area contributed by atoms with Crippen LogP contribution in [0.2, 0.25) is 0 Å². The molecule has 2 heterocycles. The largest absolute Gasteiger partial charge is 0.492 e. The van der Waals surface area contributed by atoms with Gasteiger partial charge in [0.2, 0.25) is 29.5 Å². The summed E-state index contributed by atoms with van der Waals surface area (Å²) in [5, 5.41) is 0.747. The average Bonchev–Trinajstić information content (AvgIpc) is 3.02. The molecule has 0 bridgehead atoms. The smallest absolute Gasteiger partial charge is 0.231 e. The van der Waals surface area contributed by atoms with Gasteiger partial charge < -0.3 is 23.4 Å². The first kappa shape index (κ1) is 12.8. The van der Waals surface area contributed by atoms with E-state index < -0.39 is 0 Å². The molecule has 0 saturated carbocycles. The second kappa shape index (κ2) is 4.56. The lowest BCUT2D eigenvalue weighted by molar-refractivity contribution is 0.169. The minimum atomic E-state index is -0.203. The first-order chi connectivity index (χ1) is 10.8. The third-order valence-corrected chi connectivity index (χ3v) is 3.66. The van der Waals surface area contributed by atoms with E-state index in [0.29, 0.717) is 34.0 Å². The SMILES string of the molecule is COc1c2c(c(OC)c3c(=O)c4ccccc4oc13)OCO2. The molecule has 4 rings (SSSR count). The lowest BCUT2D eigenvalue weighted by Gasteiger charge is -2.12. The average molecular weight is 300 g/mol. The summed E-state index contributed by atoms with van der Waals surface area (Å²) in [5.74, 6) is 1.36. The van der Waals surface area contributed by atoms with E-state index in [9.17, 15) is 4.79 Å². The third-order valence-electron chi connectivity index (χ3n) is 3.66. The van der Waals surface area contributed by atoms with Gasteiger partial charge in [-0.25, -0.2) is 0 Å². The molecule has 0 spiro atoms. The molecular formula is C16H12O6. The van der Waals surface area contributed by atoms with Gasteiger partial charge in [0.25, 0.3) is 0 Å². The van der Waals surface area contributed by atoms with Gasteiger partial charge in [-0.3, -0.25) is 4.79 Å². The van der Waals surface area contributed by atoms with Gasteiger partial charge in [0.1, 0.15) is 11.0 Å². The Morgan fingerprint density at radius 2 is 1.68 bits per heavy atom. The minimum Gasteiger partial charge on any atom is -0.492 e. The molecule has 0 fully saturated rings. The lowest BCUT2D eigenvalue weighted by Crippen LogP contribution is -2.05. The number of ether oxygens (including phenoxy) is 4. The predicted octanol–water partition coefficient (Wildman–Crippen LogP) is 2.69. The summed E-state index contributed by atoms with van der Waals surface area (Å²) in [5.41, 5.74) is 0.553. The molecule has 6 nitrogen and oxygen atoms in total. The number of para-hydroxylation sites is 1. The Hall–Kier alpha value is -2.89. The van der Waals surface area contributed by atoms with Crippen LogP contribution in [-0.2, 0) is 0 Å². The van der Waals surface area contributed by atoms with Crippen molar-refractivity contribution in [3.63, 3.8) is 0 Å². The van der Waals surface area contributed by atoms with Crippen molar-refractivity contribution in [1.82, 2.24) is 0 Å². The van der Waals surface area contributed by atoms with Crippen molar-refractivity contribution >= 4 is 21.9 Å². The lowest BCUT2D eigenvalue weighted by atomic mass is 10.1. The molecule has 0 atom stereocenters. The highest BCUT2D eigenvalue weighted by Crippen LogP contribution is 2.52. The molecule has 0 aliphatic carbocycles. The standard InChI is InChI=1S/C16H12O6/c1-18-12-10-11(17)8-5-3-4-6-9(8)22-13(10)14(19-2)16-15(12)20-7-21-16/h3-6H,7H2,1-2H3. The second-order valence-corrected chi connectivity index (χ2v) is 4.76. The maximum absolute atomic E-state index is 12.8. The Morgan fingerprint density at radius 1 is 1.00 bits per heavy atom. The van der Waals surface area contributed by atoms with Gasteiger partial charge in [-0.05, 0) is 12.1 Å². The van der Waals surface area contributed by atoms with Gasteiger partial charge in [-0.1, -0.05) is 12.1 Å². The number of rotatable bonds is 2. The van der Waals surface area contributed by atoms with E-state index >= 15 is 0 Å². The molecule has 1 aromatic heterocycles. The first-order valence-corrected chi connectivity index (χ1v) is 6.65. The number of hydrogen-bond donors (Lipinski definition) is 0. The maximum atomic E-state index is 12.8. The molecule has 112 valence electrons. The summed E-state index contributed by atoms with van der Waals surface area (Å²) in [4.78, 5) is 12.8. The fraction of sp³-hybridized carbons (Fsp3) is 0.188. The quantitative estimate of drug-likeness (QED) is 0.678. The number of methoxy groups -OCH3 is 2. The zero-order valence-corrected chi connectivity index (χ0v) is 12.0. The van der Waals surface area contributed by atoms with Gasteiger partial charge in [0.15, 0.2) is 11.3 Å². The zero-order valence-electron chi connectivity index (χ0n) is 12.0. The Morgan fingerprint density at radius 3 is 2.41 bits per heavy atom. The maximum Gasteiger partial charge on any atom is 0.231 e. The van der Waals surface area contributed by atoms with Crippen LogP contribution < -0.4 is 24.4 Å². The van der Waals surface area contributed by atoms with Crippen LogP contribution in [-0.4, -0.2) is 21.0 Å². The summed E-state index contributed by atoms with van der Waals surface area (Å²) in [6.45, 7) is 0.0338. The molecule has 0 N–H and O–H groups in total. The summed E-state index contributed by atoms with van der Waals surface area (Å²) in [6, 6.07) is 7.01. The summed E-state index contributed by atoms with van der Waals surface area (Å²) in [7, 11) is 2.95. The minimum absolute atomic E-state index is 0.0338. The molecule has 2 aromatic carbocycles. The molecule has 22 heavy (non-hydrogen) atoms. The van der Waals surface area contributed by atoms with E-state index in [1.807, 2.05) is 0 Å². The molecule has 0 amide bonds. The monoisotopic (exact) mass is 300 g/mol. The van der Waals surface area contributed by atoms with Crippen LogP contribution in [0.5, 0.6) is 23.0 Å². The van der Waals surface area contributed by atoms with Gasteiger partial charge in [-0.15, -0.1) is 0 Å². The van der Waals surface area contributed by atoms with Crippen molar-refractivity contribution in [2.45, 2.75) is 0 Å². The fourth-order valence-corrected chi connectivity index (χ4v) is 2.72. The fourth-order valence-electron chi connectivity index (χ4n) is 2.72. The van der Waals surface area contributed by atoms with Crippen LogP contribution in [0.15, 0.2) is 33.5 Å². The summed E-state index contributed by atoms with van der Waals surface area (Å²) < 4.78 is 27.5. The highest BCUT2D eigenvalue weighted by molar-refractivity contribution is 6.00. The third kappa shape index (κ3) is 1.52.